The molecule has 2 rings (SSSR count). The van der Waals surface area contributed by atoms with E-state index in [1.54, 1.807) is 0 Å². The Morgan fingerprint density at radius 1 is 1.54 bits per heavy atom. The summed E-state index contributed by atoms with van der Waals surface area (Å²) in [5.74, 6) is 0. The van der Waals surface area contributed by atoms with E-state index in [4.69, 9.17) is 5.73 Å². The summed E-state index contributed by atoms with van der Waals surface area (Å²) in [5, 5.41) is 3.52. The van der Waals surface area contributed by atoms with Gasteiger partial charge in [0.05, 0.1) is 0 Å². The van der Waals surface area contributed by atoms with Gasteiger partial charge in [-0.25, -0.2) is 0 Å². The molecule has 2 nitrogen and oxygen atoms in total. The van der Waals surface area contributed by atoms with Crippen molar-refractivity contribution in [3.05, 3.63) is 29.3 Å². The van der Waals surface area contributed by atoms with Crippen LogP contribution in [0.4, 0.5) is 5.69 Å². The van der Waals surface area contributed by atoms with Crippen molar-refractivity contribution in [2.24, 2.45) is 5.73 Å². The molecule has 0 aliphatic carbocycles. The van der Waals surface area contributed by atoms with Crippen molar-refractivity contribution < 1.29 is 0 Å². The lowest BCUT2D eigenvalue weighted by atomic mass is 10.1. The summed E-state index contributed by atoms with van der Waals surface area (Å²) in [6.45, 7) is 2.92. The third-order valence-corrected chi connectivity index (χ3v) is 2.69. The highest BCUT2D eigenvalue weighted by Gasteiger charge is 2.20. The molecule has 70 valence electrons. The second kappa shape index (κ2) is 3.38. The number of hydrogen-bond acceptors (Lipinski definition) is 2. The summed E-state index contributed by atoms with van der Waals surface area (Å²) in [7, 11) is 0. The van der Waals surface area contributed by atoms with Gasteiger partial charge in [0.2, 0.25) is 0 Å². The molecule has 0 amide bonds. The minimum Gasteiger partial charge on any atom is -0.381 e. The molecular weight excluding hydrogens is 160 g/mol. The van der Waals surface area contributed by atoms with E-state index in [0.29, 0.717) is 6.04 Å². The number of aryl methyl sites for hydroxylation is 1. The number of nitrogens with two attached hydrogens (primary N) is 1. The lowest BCUT2D eigenvalue weighted by Gasteiger charge is -2.09. The average molecular weight is 176 g/mol. The molecule has 1 aromatic rings. The van der Waals surface area contributed by atoms with E-state index in [1.807, 2.05) is 0 Å². The van der Waals surface area contributed by atoms with Crippen LogP contribution in [-0.4, -0.2) is 12.6 Å². The van der Waals surface area contributed by atoms with Crippen LogP contribution in [0.15, 0.2) is 18.2 Å². The summed E-state index contributed by atoms with van der Waals surface area (Å²) < 4.78 is 0. The normalized spacial score (nSPS) is 19.7. The monoisotopic (exact) mass is 176 g/mol. The molecule has 2 heteroatoms. The van der Waals surface area contributed by atoms with Crippen molar-refractivity contribution in [2.45, 2.75) is 25.8 Å². The SMILES string of the molecule is Cc1cccc2c1NC(CCN)C2. The Morgan fingerprint density at radius 3 is 3.08 bits per heavy atom. The Morgan fingerprint density at radius 2 is 2.38 bits per heavy atom. The fourth-order valence-corrected chi connectivity index (χ4v) is 2.00. The molecule has 3 N–H and O–H groups in total. The van der Waals surface area contributed by atoms with Crippen LogP contribution < -0.4 is 11.1 Å². The quantitative estimate of drug-likeness (QED) is 0.719. The molecule has 0 aromatic heterocycles. The average Bonchev–Trinajstić information content (AvgIpc) is 2.49. The maximum atomic E-state index is 5.54. The molecule has 0 saturated heterocycles. The second-order valence-corrected chi connectivity index (χ2v) is 3.73. The topological polar surface area (TPSA) is 38.0 Å². The number of fused-ring (bicyclic) bond motifs is 1. The lowest BCUT2D eigenvalue weighted by molar-refractivity contribution is 0.684. The van der Waals surface area contributed by atoms with E-state index in [9.17, 15) is 0 Å². The first kappa shape index (κ1) is 8.57. The maximum absolute atomic E-state index is 5.54. The first-order chi connectivity index (χ1) is 6.31. The molecule has 0 radical (unpaired) electrons. The van der Waals surface area contributed by atoms with Gasteiger partial charge in [0.1, 0.15) is 0 Å². The van der Waals surface area contributed by atoms with Gasteiger partial charge in [-0.05, 0) is 37.4 Å². The van der Waals surface area contributed by atoms with E-state index in [1.165, 1.54) is 16.8 Å². The van der Waals surface area contributed by atoms with E-state index >= 15 is 0 Å². The van der Waals surface area contributed by atoms with Crippen molar-refractivity contribution >= 4 is 5.69 Å². The molecule has 13 heavy (non-hydrogen) atoms. The van der Waals surface area contributed by atoms with Crippen molar-refractivity contribution in [3.8, 4) is 0 Å². The fraction of sp³-hybridized carbons (Fsp3) is 0.455. The van der Waals surface area contributed by atoms with Crippen LogP contribution in [0.2, 0.25) is 0 Å². The molecule has 1 aliphatic rings. The van der Waals surface area contributed by atoms with E-state index in [2.05, 4.69) is 30.4 Å². The van der Waals surface area contributed by atoms with Crippen LogP contribution in [0.25, 0.3) is 0 Å². The zero-order chi connectivity index (χ0) is 9.26. The number of anilines is 1. The summed E-state index contributed by atoms with van der Waals surface area (Å²) in [6, 6.07) is 7.03. The predicted octanol–water partition coefficient (Wildman–Crippen LogP) is 1.68. The largest absolute Gasteiger partial charge is 0.381 e. The molecule has 1 atom stereocenters. The minimum atomic E-state index is 0.557. The van der Waals surface area contributed by atoms with E-state index in [-0.39, 0.29) is 0 Å². The zero-order valence-electron chi connectivity index (χ0n) is 8.01. The highest BCUT2D eigenvalue weighted by Crippen LogP contribution is 2.29. The standard InChI is InChI=1S/C11H16N2/c1-8-3-2-4-9-7-10(5-6-12)13-11(8)9/h2-4,10,13H,5-7,12H2,1H3. The first-order valence-corrected chi connectivity index (χ1v) is 4.86. The first-order valence-electron chi connectivity index (χ1n) is 4.86. The Bertz CT molecular complexity index is 307. The highest BCUT2D eigenvalue weighted by atomic mass is 15.0. The third-order valence-electron chi connectivity index (χ3n) is 2.69. The minimum absolute atomic E-state index is 0.557. The predicted molar refractivity (Wildman–Crippen MR) is 56.0 cm³/mol. The Hall–Kier alpha value is -1.02. The summed E-state index contributed by atoms with van der Waals surface area (Å²) in [6.07, 6.45) is 2.20. The van der Waals surface area contributed by atoms with Gasteiger partial charge in [-0.1, -0.05) is 18.2 Å². The molecule has 1 aromatic carbocycles. The Labute approximate surface area is 79.1 Å². The molecule has 0 saturated carbocycles. The van der Waals surface area contributed by atoms with Crippen molar-refractivity contribution in [3.63, 3.8) is 0 Å². The molecule has 0 bridgehead atoms. The van der Waals surface area contributed by atoms with Crippen LogP contribution in [0.5, 0.6) is 0 Å². The van der Waals surface area contributed by atoms with Crippen molar-refractivity contribution in [1.82, 2.24) is 0 Å². The zero-order valence-corrected chi connectivity index (χ0v) is 8.01. The van der Waals surface area contributed by atoms with Crippen molar-refractivity contribution in [1.29, 1.82) is 0 Å². The third kappa shape index (κ3) is 1.54. The van der Waals surface area contributed by atoms with Gasteiger partial charge in [-0.15, -0.1) is 0 Å². The molecule has 1 aliphatic heterocycles. The number of benzene rings is 1. The highest BCUT2D eigenvalue weighted by molar-refractivity contribution is 5.61. The van der Waals surface area contributed by atoms with Crippen molar-refractivity contribution in [2.75, 3.05) is 11.9 Å². The number of hydrogen-bond donors (Lipinski definition) is 2. The van der Waals surface area contributed by atoms with Crippen LogP contribution in [0.3, 0.4) is 0 Å². The maximum Gasteiger partial charge on any atom is 0.0405 e. The second-order valence-electron chi connectivity index (χ2n) is 3.73. The summed E-state index contributed by atoms with van der Waals surface area (Å²) in [5.41, 5.74) is 9.66. The molecule has 1 heterocycles. The van der Waals surface area contributed by atoms with Gasteiger partial charge in [-0.3, -0.25) is 0 Å². The van der Waals surface area contributed by atoms with Crippen LogP contribution in [-0.2, 0) is 6.42 Å². The van der Waals surface area contributed by atoms with Gasteiger partial charge in [0.15, 0.2) is 0 Å². The molecule has 0 fully saturated rings. The van der Waals surface area contributed by atoms with Gasteiger partial charge in [0.25, 0.3) is 0 Å². The van der Waals surface area contributed by atoms with Crippen LogP contribution in [0, 0.1) is 6.92 Å². The number of para-hydroxylation sites is 1. The number of nitrogens with one attached hydrogen (secondary N) is 1. The number of rotatable bonds is 2. The van der Waals surface area contributed by atoms with Gasteiger partial charge < -0.3 is 11.1 Å². The fourth-order valence-electron chi connectivity index (χ4n) is 2.00. The van der Waals surface area contributed by atoms with E-state index in [0.717, 1.165) is 19.4 Å². The lowest BCUT2D eigenvalue weighted by Crippen LogP contribution is -2.19. The van der Waals surface area contributed by atoms with E-state index < -0.39 is 0 Å². The molecule has 0 spiro atoms. The smallest absolute Gasteiger partial charge is 0.0405 e. The molecule has 1 unspecified atom stereocenters. The Balaban J connectivity index is 2.20. The van der Waals surface area contributed by atoms with Crippen LogP contribution in [0.1, 0.15) is 17.5 Å². The molecular formula is C11H16N2. The summed E-state index contributed by atoms with van der Waals surface area (Å²) in [4.78, 5) is 0. The van der Waals surface area contributed by atoms with Gasteiger partial charge in [-0.2, -0.15) is 0 Å². The van der Waals surface area contributed by atoms with Gasteiger partial charge >= 0.3 is 0 Å². The Kier molecular flexibility index (Phi) is 2.23. The summed E-state index contributed by atoms with van der Waals surface area (Å²) >= 11 is 0. The van der Waals surface area contributed by atoms with Gasteiger partial charge in [0, 0.05) is 11.7 Å². The van der Waals surface area contributed by atoms with Crippen LogP contribution >= 0.6 is 0 Å².